The average Bonchev–Trinajstić information content (AvgIpc) is 2.89. The van der Waals surface area contributed by atoms with Crippen LogP contribution in [0.1, 0.15) is 52.9 Å². The fourth-order valence-electron chi connectivity index (χ4n) is 3.49. The molecule has 0 aromatic heterocycles. The van der Waals surface area contributed by atoms with Crippen LogP contribution in [0, 0.1) is 5.92 Å². The molecule has 0 aromatic carbocycles. The highest BCUT2D eigenvalue weighted by Gasteiger charge is 2.52. The first-order chi connectivity index (χ1) is 9.89. The summed E-state index contributed by atoms with van der Waals surface area (Å²) in [6, 6.07) is -0.360. The van der Waals surface area contributed by atoms with Gasteiger partial charge in [0.05, 0.1) is 6.10 Å². The third-order valence-corrected chi connectivity index (χ3v) is 4.72. The monoisotopic (exact) mass is 296 g/mol. The van der Waals surface area contributed by atoms with E-state index in [-0.39, 0.29) is 24.0 Å². The molecule has 1 saturated carbocycles. The third kappa shape index (κ3) is 3.23. The van der Waals surface area contributed by atoms with Gasteiger partial charge in [0.15, 0.2) is 0 Å². The fraction of sp³-hybridized carbons (Fsp3) is 0.875. The molecule has 1 N–H and O–H groups in total. The van der Waals surface area contributed by atoms with Crippen LogP contribution >= 0.6 is 0 Å². The van der Waals surface area contributed by atoms with E-state index in [1.54, 1.807) is 12.0 Å². The topological polar surface area (TPSA) is 58.6 Å². The molecule has 1 aliphatic carbocycles. The molecule has 1 spiro atoms. The standard InChI is InChI=1S/C16H28N2O3/c1-11(2)9-13-14(19)17-16(7-5-6-8-16)15(20)18(13)10-12(3)21-4/h11-13H,5-10H2,1-4H3,(H,17,19). The van der Waals surface area contributed by atoms with E-state index in [9.17, 15) is 9.59 Å². The molecule has 2 atom stereocenters. The molecular weight excluding hydrogens is 268 g/mol. The molecule has 5 nitrogen and oxygen atoms in total. The number of hydrogen-bond donors (Lipinski definition) is 1. The maximum Gasteiger partial charge on any atom is 0.249 e. The van der Waals surface area contributed by atoms with Gasteiger partial charge in [-0.05, 0) is 32.1 Å². The van der Waals surface area contributed by atoms with Crippen LogP contribution in [0.3, 0.4) is 0 Å². The van der Waals surface area contributed by atoms with Crippen molar-refractivity contribution < 1.29 is 14.3 Å². The highest BCUT2D eigenvalue weighted by molar-refractivity contribution is 6.00. The van der Waals surface area contributed by atoms with Crippen LogP contribution in [0.4, 0.5) is 0 Å². The highest BCUT2D eigenvalue weighted by atomic mass is 16.5. The van der Waals surface area contributed by atoms with E-state index in [4.69, 9.17) is 4.74 Å². The smallest absolute Gasteiger partial charge is 0.249 e. The minimum Gasteiger partial charge on any atom is -0.380 e. The number of piperazine rings is 1. The van der Waals surface area contributed by atoms with Crippen molar-refractivity contribution in [1.29, 1.82) is 0 Å². The Labute approximate surface area is 127 Å². The van der Waals surface area contributed by atoms with E-state index in [1.807, 2.05) is 6.92 Å². The molecule has 1 aliphatic heterocycles. The van der Waals surface area contributed by atoms with Gasteiger partial charge in [0, 0.05) is 13.7 Å². The van der Waals surface area contributed by atoms with Crippen molar-refractivity contribution in [3.63, 3.8) is 0 Å². The zero-order chi connectivity index (χ0) is 15.6. The van der Waals surface area contributed by atoms with Crippen molar-refractivity contribution in [3.05, 3.63) is 0 Å². The van der Waals surface area contributed by atoms with Crippen molar-refractivity contribution in [2.45, 2.75) is 70.6 Å². The molecule has 2 unspecified atom stereocenters. The number of methoxy groups -OCH3 is 1. The Hall–Kier alpha value is -1.10. The van der Waals surface area contributed by atoms with Crippen molar-refractivity contribution >= 4 is 11.8 Å². The van der Waals surface area contributed by atoms with Gasteiger partial charge in [-0.25, -0.2) is 0 Å². The lowest BCUT2D eigenvalue weighted by atomic mass is 9.88. The molecule has 0 aromatic rings. The number of nitrogens with zero attached hydrogens (tertiary/aromatic N) is 1. The maximum absolute atomic E-state index is 13.0. The molecule has 2 aliphatic rings. The van der Waals surface area contributed by atoms with E-state index >= 15 is 0 Å². The van der Waals surface area contributed by atoms with E-state index in [0.29, 0.717) is 18.9 Å². The van der Waals surface area contributed by atoms with Gasteiger partial charge in [-0.1, -0.05) is 26.7 Å². The number of carbonyl (C=O) groups excluding carboxylic acids is 2. The number of nitrogens with one attached hydrogen (secondary N) is 1. The molecule has 0 radical (unpaired) electrons. The van der Waals surface area contributed by atoms with Crippen LogP contribution in [-0.4, -0.2) is 48.1 Å². The number of carbonyl (C=O) groups is 2. The number of amides is 2. The van der Waals surface area contributed by atoms with Crippen LogP contribution in [0.2, 0.25) is 0 Å². The predicted molar refractivity (Wildman–Crippen MR) is 80.8 cm³/mol. The van der Waals surface area contributed by atoms with Crippen LogP contribution in [0.5, 0.6) is 0 Å². The molecular formula is C16H28N2O3. The van der Waals surface area contributed by atoms with Crippen LogP contribution < -0.4 is 5.32 Å². The molecule has 1 saturated heterocycles. The van der Waals surface area contributed by atoms with Gasteiger partial charge in [0.25, 0.3) is 0 Å². The SMILES string of the molecule is COC(C)CN1C(=O)C2(CCCC2)NC(=O)C1CC(C)C. The summed E-state index contributed by atoms with van der Waals surface area (Å²) in [5.41, 5.74) is -0.641. The summed E-state index contributed by atoms with van der Waals surface area (Å²) < 4.78 is 5.32. The van der Waals surface area contributed by atoms with Gasteiger partial charge < -0.3 is 15.0 Å². The maximum atomic E-state index is 13.0. The first-order valence-electron chi connectivity index (χ1n) is 8.05. The molecule has 2 fully saturated rings. The zero-order valence-electron chi connectivity index (χ0n) is 13.6. The van der Waals surface area contributed by atoms with E-state index in [0.717, 1.165) is 25.7 Å². The summed E-state index contributed by atoms with van der Waals surface area (Å²) in [4.78, 5) is 27.3. The Morgan fingerprint density at radius 2 is 1.90 bits per heavy atom. The summed E-state index contributed by atoms with van der Waals surface area (Å²) in [6.45, 7) is 6.58. The van der Waals surface area contributed by atoms with Crippen molar-refractivity contribution in [2.75, 3.05) is 13.7 Å². The quantitative estimate of drug-likeness (QED) is 0.840. The predicted octanol–water partition coefficient (Wildman–Crippen LogP) is 1.71. The van der Waals surface area contributed by atoms with Crippen LogP contribution in [0.15, 0.2) is 0 Å². The number of hydrogen-bond acceptors (Lipinski definition) is 3. The van der Waals surface area contributed by atoms with E-state index < -0.39 is 5.54 Å². The van der Waals surface area contributed by atoms with Crippen molar-refractivity contribution in [1.82, 2.24) is 10.2 Å². The van der Waals surface area contributed by atoms with Gasteiger partial charge in [-0.15, -0.1) is 0 Å². The van der Waals surface area contributed by atoms with Gasteiger partial charge in [-0.3, -0.25) is 9.59 Å². The lowest BCUT2D eigenvalue weighted by molar-refractivity contribution is -0.157. The van der Waals surface area contributed by atoms with E-state index in [1.165, 1.54) is 0 Å². The zero-order valence-corrected chi connectivity index (χ0v) is 13.6. The first-order valence-corrected chi connectivity index (χ1v) is 8.05. The number of rotatable bonds is 5. The largest absolute Gasteiger partial charge is 0.380 e. The van der Waals surface area contributed by atoms with Gasteiger partial charge in [-0.2, -0.15) is 0 Å². The second-order valence-electron chi connectivity index (χ2n) is 6.93. The minimum atomic E-state index is -0.641. The van der Waals surface area contributed by atoms with Gasteiger partial charge in [0.2, 0.25) is 11.8 Å². The summed E-state index contributed by atoms with van der Waals surface area (Å²) in [6.07, 6.45) is 4.19. The second-order valence-corrected chi connectivity index (χ2v) is 6.93. The van der Waals surface area contributed by atoms with E-state index in [2.05, 4.69) is 19.2 Å². The average molecular weight is 296 g/mol. The van der Waals surface area contributed by atoms with Gasteiger partial charge in [0.1, 0.15) is 11.6 Å². The lowest BCUT2D eigenvalue weighted by Gasteiger charge is -2.45. The molecule has 1 heterocycles. The summed E-state index contributed by atoms with van der Waals surface area (Å²) in [5.74, 6) is 0.467. The Bertz CT molecular complexity index is 402. The summed E-state index contributed by atoms with van der Waals surface area (Å²) in [7, 11) is 1.64. The normalized spacial score (nSPS) is 26.5. The molecule has 2 rings (SSSR count). The minimum absolute atomic E-state index is 0.00787. The fourth-order valence-corrected chi connectivity index (χ4v) is 3.49. The molecule has 21 heavy (non-hydrogen) atoms. The summed E-state index contributed by atoms with van der Waals surface area (Å²) >= 11 is 0. The Kier molecular flexibility index (Phi) is 4.91. The van der Waals surface area contributed by atoms with Crippen LogP contribution in [0.25, 0.3) is 0 Å². The lowest BCUT2D eigenvalue weighted by Crippen LogP contribution is -2.70. The number of ether oxygens (including phenoxy) is 1. The van der Waals surface area contributed by atoms with Crippen LogP contribution in [-0.2, 0) is 14.3 Å². The van der Waals surface area contributed by atoms with Crippen molar-refractivity contribution in [2.24, 2.45) is 5.92 Å². The van der Waals surface area contributed by atoms with Crippen molar-refractivity contribution in [3.8, 4) is 0 Å². The highest BCUT2D eigenvalue weighted by Crippen LogP contribution is 2.35. The molecule has 5 heteroatoms. The van der Waals surface area contributed by atoms with Gasteiger partial charge >= 0.3 is 0 Å². The Balaban J connectivity index is 2.25. The summed E-state index contributed by atoms with van der Waals surface area (Å²) in [5, 5.41) is 3.05. The Morgan fingerprint density at radius 1 is 1.29 bits per heavy atom. The molecule has 2 amide bonds. The second kappa shape index (κ2) is 6.34. The molecule has 120 valence electrons. The Morgan fingerprint density at radius 3 is 2.43 bits per heavy atom. The molecule has 0 bridgehead atoms. The third-order valence-electron chi connectivity index (χ3n) is 4.72. The first kappa shape index (κ1) is 16.3.